The number of hydrogen-bond donors (Lipinski definition) is 2. The zero-order valence-corrected chi connectivity index (χ0v) is 11.1. The van der Waals surface area contributed by atoms with E-state index in [0.717, 1.165) is 38.9 Å². The smallest absolute Gasteiger partial charge is 0.320 e. The second-order valence-electron chi connectivity index (χ2n) is 4.87. The Morgan fingerprint density at radius 3 is 2.88 bits per heavy atom. The van der Waals surface area contributed by atoms with E-state index in [1.54, 1.807) is 0 Å². The number of nitrogens with zero attached hydrogens (tertiary/aromatic N) is 1. The third kappa shape index (κ3) is 4.64. The van der Waals surface area contributed by atoms with Crippen molar-refractivity contribution in [3.63, 3.8) is 0 Å². The molecule has 4 nitrogen and oxygen atoms in total. The third-order valence-electron chi connectivity index (χ3n) is 3.65. The maximum Gasteiger partial charge on any atom is 0.320 e. The van der Waals surface area contributed by atoms with Crippen molar-refractivity contribution in [2.45, 2.75) is 58.0 Å². The Morgan fingerprint density at radius 2 is 2.29 bits per heavy atom. The van der Waals surface area contributed by atoms with Crippen LogP contribution in [0.2, 0.25) is 0 Å². The molecular weight excluding hydrogens is 216 g/mol. The molecule has 17 heavy (non-hydrogen) atoms. The van der Waals surface area contributed by atoms with E-state index in [2.05, 4.69) is 24.1 Å². The Morgan fingerprint density at radius 1 is 1.53 bits per heavy atom. The topological polar surface area (TPSA) is 52.6 Å². The van der Waals surface area contributed by atoms with Crippen molar-refractivity contribution in [3.05, 3.63) is 0 Å². The molecule has 1 heterocycles. The Balaban J connectivity index is 2.32. The van der Waals surface area contributed by atoms with Crippen molar-refractivity contribution in [2.24, 2.45) is 0 Å². The fraction of sp³-hybridized carbons (Fsp3) is 0.923. The number of nitrogens with one attached hydrogen (secondary N) is 1. The van der Waals surface area contributed by atoms with Gasteiger partial charge in [-0.25, -0.2) is 0 Å². The molecular formula is C13H26N2O2. The summed E-state index contributed by atoms with van der Waals surface area (Å²) in [6.07, 6.45) is 5.21. The normalized spacial score (nSPS) is 22.8. The van der Waals surface area contributed by atoms with E-state index >= 15 is 0 Å². The number of carboxylic acids is 1. The van der Waals surface area contributed by atoms with Crippen molar-refractivity contribution < 1.29 is 9.90 Å². The molecule has 1 saturated heterocycles. The van der Waals surface area contributed by atoms with Gasteiger partial charge in [0.25, 0.3) is 0 Å². The molecule has 0 aromatic rings. The van der Waals surface area contributed by atoms with E-state index < -0.39 is 5.97 Å². The van der Waals surface area contributed by atoms with Crippen LogP contribution in [-0.4, -0.2) is 47.7 Å². The molecule has 0 spiro atoms. The molecule has 0 saturated carbocycles. The van der Waals surface area contributed by atoms with Crippen LogP contribution in [0.1, 0.15) is 46.0 Å². The maximum absolute atomic E-state index is 11.1. The highest BCUT2D eigenvalue weighted by Gasteiger charge is 2.24. The van der Waals surface area contributed by atoms with Gasteiger partial charge in [0.1, 0.15) is 6.04 Å². The molecule has 2 N–H and O–H groups in total. The van der Waals surface area contributed by atoms with Crippen LogP contribution in [0.5, 0.6) is 0 Å². The first-order valence-electron chi connectivity index (χ1n) is 6.89. The minimum atomic E-state index is -0.709. The van der Waals surface area contributed by atoms with E-state index in [1.165, 1.54) is 12.8 Å². The van der Waals surface area contributed by atoms with Gasteiger partial charge in [0, 0.05) is 12.6 Å². The van der Waals surface area contributed by atoms with Gasteiger partial charge in [-0.05, 0) is 32.4 Å². The first kappa shape index (κ1) is 14.5. The lowest BCUT2D eigenvalue weighted by Crippen LogP contribution is -2.44. The zero-order valence-electron chi connectivity index (χ0n) is 11.1. The lowest BCUT2D eigenvalue weighted by atomic mass is 10.1. The van der Waals surface area contributed by atoms with E-state index in [4.69, 9.17) is 5.11 Å². The number of likely N-dealkylation sites (N-methyl/N-ethyl adjacent to an activating group) is 1. The summed E-state index contributed by atoms with van der Waals surface area (Å²) in [5.41, 5.74) is 0. The predicted molar refractivity (Wildman–Crippen MR) is 69.2 cm³/mol. The summed E-state index contributed by atoms with van der Waals surface area (Å²) in [6, 6.07) is 0.165. The fourth-order valence-electron chi connectivity index (χ4n) is 2.54. The summed E-state index contributed by atoms with van der Waals surface area (Å²) in [4.78, 5) is 13.5. The van der Waals surface area contributed by atoms with Crippen LogP contribution in [0.25, 0.3) is 0 Å². The van der Waals surface area contributed by atoms with Crippen LogP contribution in [0.4, 0.5) is 0 Å². The van der Waals surface area contributed by atoms with Gasteiger partial charge < -0.3 is 10.4 Å². The average Bonchev–Trinajstić information content (AvgIpc) is 2.76. The summed E-state index contributed by atoms with van der Waals surface area (Å²) in [5.74, 6) is -0.709. The van der Waals surface area contributed by atoms with Gasteiger partial charge in [0.2, 0.25) is 0 Å². The fourth-order valence-corrected chi connectivity index (χ4v) is 2.54. The van der Waals surface area contributed by atoms with Gasteiger partial charge in [-0.15, -0.1) is 0 Å². The van der Waals surface area contributed by atoms with Crippen LogP contribution in [-0.2, 0) is 4.79 Å². The van der Waals surface area contributed by atoms with Gasteiger partial charge in [-0.3, -0.25) is 9.69 Å². The monoisotopic (exact) mass is 242 g/mol. The highest BCUT2D eigenvalue weighted by molar-refractivity contribution is 5.73. The molecule has 1 aliphatic rings. The number of likely N-dealkylation sites (tertiary alicyclic amines) is 1. The van der Waals surface area contributed by atoms with Crippen molar-refractivity contribution >= 4 is 5.97 Å². The Kier molecular flexibility index (Phi) is 6.52. The number of carboxylic acid groups (broad SMARTS) is 1. The second kappa shape index (κ2) is 7.67. The van der Waals surface area contributed by atoms with Crippen LogP contribution < -0.4 is 5.32 Å². The summed E-state index contributed by atoms with van der Waals surface area (Å²) in [7, 11) is 0. The molecule has 1 aliphatic heterocycles. The molecule has 0 amide bonds. The molecule has 1 fully saturated rings. The predicted octanol–water partition coefficient (Wildman–Crippen LogP) is 1.70. The van der Waals surface area contributed by atoms with Crippen molar-refractivity contribution in [3.8, 4) is 0 Å². The van der Waals surface area contributed by atoms with Gasteiger partial charge in [0.05, 0.1) is 0 Å². The van der Waals surface area contributed by atoms with E-state index in [9.17, 15) is 4.79 Å². The van der Waals surface area contributed by atoms with Crippen molar-refractivity contribution in [1.29, 1.82) is 0 Å². The number of carbonyl (C=O) groups is 1. The molecule has 2 unspecified atom stereocenters. The Labute approximate surface area is 104 Å². The standard InChI is InChI=1S/C13H26N2O2/c1-3-5-8-12(13(16)17)14-10-11-7-6-9-15(11)4-2/h11-12,14H,3-10H2,1-2H3,(H,16,17). The summed E-state index contributed by atoms with van der Waals surface area (Å²) in [6.45, 7) is 7.31. The molecule has 0 radical (unpaired) electrons. The molecule has 100 valence electrons. The maximum atomic E-state index is 11.1. The largest absolute Gasteiger partial charge is 0.480 e. The minimum Gasteiger partial charge on any atom is -0.480 e. The summed E-state index contributed by atoms with van der Waals surface area (Å²) < 4.78 is 0. The van der Waals surface area contributed by atoms with Gasteiger partial charge in [-0.2, -0.15) is 0 Å². The number of aliphatic carboxylic acids is 1. The molecule has 2 atom stereocenters. The summed E-state index contributed by atoms with van der Waals surface area (Å²) in [5, 5.41) is 12.3. The van der Waals surface area contributed by atoms with Crippen molar-refractivity contribution in [2.75, 3.05) is 19.6 Å². The van der Waals surface area contributed by atoms with Crippen molar-refractivity contribution in [1.82, 2.24) is 10.2 Å². The van der Waals surface area contributed by atoms with E-state index in [-0.39, 0.29) is 6.04 Å². The molecule has 0 aromatic heterocycles. The molecule has 1 rings (SSSR count). The first-order chi connectivity index (χ1) is 8.19. The minimum absolute atomic E-state index is 0.366. The molecule has 0 bridgehead atoms. The van der Waals surface area contributed by atoms with Gasteiger partial charge in [0.15, 0.2) is 0 Å². The van der Waals surface area contributed by atoms with Gasteiger partial charge >= 0.3 is 5.97 Å². The average molecular weight is 242 g/mol. The highest BCUT2D eigenvalue weighted by atomic mass is 16.4. The Bertz CT molecular complexity index is 233. The molecule has 0 aromatic carbocycles. The molecule has 0 aliphatic carbocycles. The second-order valence-corrected chi connectivity index (χ2v) is 4.87. The van der Waals surface area contributed by atoms with Crippen LogP contribution >= 0.6 is 0 Å². The lowest BCUT2D eigenvalue weighted by Gasteiger charge is -2.24. The number of hydrogen-bond acceptors (Lipinski definition) is 3. The lowest BCUT2D eigenvalue weighted by molar-refractivity contribution is -0.139. The first-order valence-corrected chi connectivity index (χ1v) is 6.89. The van der Waals surface area contributed by atoms with Gasteiger partial charge in [-0.1, -0.05) is 26.7 Å². The SMILES string of the molecule is CCCCC(NCC1CCCN1CC)C(=O)O. The number of unbranched alkanes of at least 4 members (excludes halogenated alkanes) is 1. The summed E-state index contributed by atoms with van der Waals surface area (Å²) >= 11 is 0. The van der Waals surface area contributed by atoms with E-state index in [0.29, 0.717) is 6.04 Å². The third-order valence-corrected chi connectivity index (χ3v) is 3.65. The quantitative estimate of drug-likeness (QED) is 0.680. The molecule has 4 heteroatoms. The van der Waals surface area contributed by atoms with Crippen LogP contribution in [0, 0.1) is 0 Å². The van der Waals surface area contributed by atoms with Crippen LogP contribution in [0.3, 0.4) is 0 Å². The van der Waals surface area contributed by atoms with E-state index in [1.807, 2.05) is 0 Å². The zero-order chi connectivity index (χ0) is 12.7. The number of rotatable bonds is 8. The highest BCUT2D eigenvalue weighted by Crippen LogP contribution is 2.16. The Hall–Kier alpha value is -0.610. The van der Waals surface area contributed by atoms with Crippen LogP contribution in [0.15, 0.2) is 0 Å².